The van der Waals surface area contributed by atoms with E-state index in [1.165, 1.54) is 31.3 Å². The van der Waals surface area contributed by atoms with Gasteiger partial charge in [-0.3, -0.25) is 0 Å². The molecule has 16 heavy (non-hydrogen) atoms. The zero-order chi connectivity index (χ0) is 11.4. The largest absolute Gasteiger partial charge is 0.385 e. The molecule has 2 aliphatic rings. The Labute approximate surface area is 99.1 Å². The van der Waals surface area contributed by atoms with Crippen LogP contribution in [0.3, 0.4) is 0 Å². The molecule has 2 rings (SSSR count). The Balaban J connectivity index is 2.06. The van der Waals surface area contributed by atoms with E-state index >= 15 is 0 Å². The van der Waals surface area contributed by atoms with Crippen LogP contribution < -0.4 is 5.32 Å². The number of nitrogens with one attached hydrogen (secondary N) is 1. The smallest absolute Gasteiger partial charge is 0.0868 e. The van der Waals surface area contributed by atoms with E-state index in [1.54, 1.807) is 0 Å². The molecule has 0 aromatic carbocycles. The Morgan fingerprint density at radius 3 is 2.94 bits per heavy atom. The van der Waals surface area contributed by atoms with Crippen molar-refractivity contribution in [1.82, 2.24) is 5.32 Å². The third-order valence-electron chi connectivity index (χ3n) is 4.28. The fourth-order valence-electron chi connectivity index (χ4n) is 3.07. The van der Waals surface area contributed by atoms with E-state index in [9.17, 15) is 5.11 Å². The molecule has 0 saturated carbocycles. The Hall–Kier alpha value is -0.340. The number of hydrogen-bond acceptors (Lipinski definition) is 2. The van der Waals surface area contributed by atoms with Gasteiger partial charge in [-0.25, -0.2) is 0 Å². The van der Waals surface area contributed by atoms with Crippen LogP contribution in [-0.2, 0) is 0 Å². The lowest BCUT2D eigenvalue weighted by molar-refractivity contribution is 0.0201. The van der Waals surface area contributed by atoms with Crippen LogP contribution in [0.5, 0.6) is 0 Å². The minimum absolute atomic E-state index is 0.408. The maximum Gasteiger partial charge on any atom is 0.0868 e. The van der Waals surface area contributed by atoms with E-state index in [4.69, 9.17) is 0 Å². The summed E-state index contributed by atoms with van der Waals surface area (Å²) in [4.78, 5) is 0. The monoisotopic (exact) mass is 223 g/mol. The zero-order valence-electron chi connectivity index (χ0n) is 10.5. The standard InChI is InChI=1S/C14H25NO/c1-14(16,13-9-6-10-15-11-13)12-7-4-2-3-5-8-12/h7,13,15-16H,2-6,8-11H2,1H3. The van der Waals surface area contributed by atoms with Crippen molar-refractivity contribution in [3.8, 4) is 0 Å². The predicted molar refractivity (Wildman–Crippen MR) is 67.4 cm³/mol. The van der Waals surface area contributed by atoms with Crippen molar-refractivity contribution in [1.29, 1.82) is 0 Å². The van der Waals surface area contributed by atoms with Crippen molar-refractivity contribution >= 4 is 0 Å². The number of piperidine rings is 1. The highest BCUT2D eigenvalue weighted by molar-refractivity contribution is 5.18. The number of rotatable bonds is 2. The fourth-order valence-corrected chi connectivity index (χ4v) is 3.07. The first-order valence-corrected chi connectivity index (χ1v) is 6.84. The van der Waals surface area contributed by atoms with E-state index in [2.05, 4.69) is 11.4 Å². The molecule has 1 heterocycles. The van der Waals surface area contributed by atoms with Gasteiger partial charge >= 0.3 is 0 Å². The topological polar surface area (TPSA) is 32.3 Å². The third kappa shape index (κ3) is 2.67. The van der Waals surface area contributed by atoms with Crippen LogP contribution in [0.25, 0.3) is 0 Å². The lowest BCUT2D eigenvalue weighted by Gasteiger charge is -2.38. The molecule has 1 aliphatic heterocycles. The number of aliphatic hydroxyl groups is 1. The molecule has 2 N–H and O–H groups in total. The average molecular weight is 223 g/mol. The molecular formula is C14H25NO. The molecule has 0 amide bonds. The van der Waals surface area contributed by atoms with Crippen molar-refractivity contribution in [3.05, 3.63) is 11.6 Å². The predicted octanol–water partition coefficient (Wildman–Crippen LogP) is 2.63. The van der Waals surface area contributed by atoms with Crippen molar-refractivity contribution in [2.45, 2.75) is 57.5 Å². The van der Waals surface area contributed by atoms with E-state index in [1.807, 2.05) is 6.92 Å². The number of hydrogen-bond donors (Lipinski definition) is 2. The van der Waals surface area contributed by atoms with Crippen LogP contribution in [0.2, 0.25) is 0 Å². The Kier molecular flexibility index (Phi) is 4.04. The van der Waals surface area contributed by atoms with E-state index in [0.29, 0.717) is 5.92 Å². The van der Waals surface area contributed by atoms with Crippen LogP contribution in [0, 0.1) is 5.92 Å². The van der Waals surface area contributed by atoms with Gasteiger partial charge in [0, 0.05) is 12.5 Å². The van der Waals surface area contributed by atoms with Crippen molar-refractivity contribution in [2.24, 2.45) is 5.92 Å². The van der Waals surface area contributed by atoms with Crippen LogP contribution in [-0.4, -0.2) is 23.8 Å². The molecular weight excluding hydrogens is 198 g/mol. The van der Waals surface area contributed by atoms with Gasteiger partial charge in [0.15, 0.2) is 0 Å². The summed E-state index contributed by atoms with van der Waals surface area (Å²) in [7, 11) is 0. The molecule has 0 aromatic rings. The summed E-state index contributed by atoms with van der Waals surface area (Å²) in [5.41, 5.74) is 0.733. The molecule has 0 spiro atoms. The van der Waals surface area contributed by atoms with E-state index < -0.39 is 5.60 Å². The second kappa shape index (κ2) is 5.33. The molecule has 2 unspecified atom stereocenters. The first-order chi connectivity index (χ1) is 7.71. The summed E-state index contributed by atoms with van der Waals surface area (Å²) in [5, 5.41) is 14.2. The lowest BCUT2D eigenvalue weighted by Crippen LogP contribution is -2.45. The second-order valence-corrected chi connectivity index (χ2v) is 5.52. The zero-order valence-corrected chi connectivity index (χ0v) is 10.5. The van der Waals surface area contributed by atoms with Gasteiger partial charge in [0.25, 0.3) is 0 Å². The van der Waals surface area contributed by atoms with Gasteiger partial charge in [0.1, 0.15) is 0 Å². The summed E-state index contributed by atoms with van der Waals surface area (Å²) in [6.45, 7) is 4.12. The molecule has 1 saturated heterocycles. The van der Waals surface area contributed by atoms with Gasteiger partial charge < -0.3 is 10.4 Å². The van der Waals surface area contributed by atoms with Crippen LogP contribution in [0.1, 0.15) is 51.9 Å². The van der Waals surface area contributed by atoms with Gasteiger partial charge in [-0.15, -0.1) is 0 Å². The van der Waals surface area contributed by atoms with Gasteiger partial charge in [0.2, 0.25) is 0 Å². The normalized spacial score (nSPS) is 31.4. The summed E-state index contributed by atoms with van der Waals surface area (Å²) in [5.74, 6) is 0.408. The van der Waals surface area contributed by atoms with Gasteiger partial charge in [-0.2, -0.15) is 0 Å². The van der Waals surface area contributed by atoms with Crippen LogP contribution in [0.15, 0.2) is 11.6 Å². The average Bonchev–Trinajstić information content (AvgIpc) is 2.59. The molecule has 0 bridgehead atoms. The van der Waals surface area contributed by atoms with Crippen molar-refractivity contribution in [2.75, 3.05) is 13.1 Å². The molecule has 1 fully saturated rings. The van der Waals surface area contributed by atoms with Gasteiger partial charge in [-0.05, 0) is 57.6 Å². The molecule has 0 aromatic heterocycles. The quantitative estimate of drug-likeness (QED) is 0.705. The summed E-state index contributed by atoms with van der Waals surface area (Å²) >= 11 is 0. The van der Waals surface area contributed by atoms with Crippen molar-refractivity contribution < 1.29 is 5.11 Å². The minimum Gasteiger partial charge on any atom is -0.385 e. The SMILES string of the molecule is CC(O)(C1=CCCCCC1)C1CCCNC1. The van der Waals surface area contributed by atoms with E-state index in [-0.39, 0.29) is 0 Å². The van der Waals surface area contributed by atoms with Crippen LogP contribution in [0.4, 0.5) is 0 Å². The molecule has 1 aliphatic carbocycles. The second-order valence-electron chi connectivity index (χ2n) is 5.52. The highest BCUT2D eigenvalue weighted by Gasteiger charge is 2.35. The molecule has 2 heteroatoms. The minimum atomic E-state index is -0.572. The van der Waals surface area contributed by atoms with Gasteiger partial charge in [-0.1, -0.05) is 12.5 Å². The fraction of sp³-hybridized carbons (Fsp3) is 0.857. The van der Waals surface area contributed by atoms with Crippen LogP contribution >= 0.6 is 0 Å². The van der Waals surface area contributed by atoms with Gasteiger partial charge in [0.05, 0.1) is 5.60 Å². The molecule has 2 atom stereocenters. The molecule has 92 valence electrons. The summed E-state index contributed by atoms with van der Waals surface area (Å²) < 4.78 is 0. The summed E-state index contributed by atoms with van der Waals surface area (Å²) in [6, 6.07) is 0. The lowest BCUT2D eigenvalue weighted by atomic mass is 9.77. The van der Waals surface area contributed by atoms with E-state index in [0.717, 1.165) is 32.4 Å². The maximum atomic E-state index is 10.8. The highest BCUT2D eigenvalue weighted by atomic mass is 16.3. The summed E-state index contributed by atoms with van der Waals surface area (Å²) in [6.07, 6.45) is 10.8. The highest BCUT2D eigenvalue weighted by Crippen LogP contribution is 2.35. The molecule has 0 radical (unpaired) electrons. The first-order valence-electron chi connectivity index (χ1n) is 6.84. The first kappa shape index (κ1) is 12.1. The van der Waals surface area contributed by atoms with Crippen molar-refractivity contribution in [3.63, 3.8) is 0 Å². The Morgan fingerprint density at radius 1 is 1.31 bits per heavy atom. The third-order valence-corrected chi connectivity index (χ3v) is 4.28. The Morgan fingerprint density at radius 2 is 2.19 bits per heavy atom. The Bertz CT molecular complexity index is 251. The molecule has 2 nitrogen and oxygen atoms in total. The maximum absolute atomic E-state index is 10.8. The number of allylic oxidation sites excluding steroid dienone is 1.